The lowest BCUT2D eigenvalue weighted by Crippen LogP contribution is -2.44. The second kappa shape index (κ2) is 5.37. The summed E-state index contributed by atoms with van der Waals surface area (Å²) in [6.45, 7) is 4.91. The van der Waals surface area contributed by atoms with Gasteiger partial charge in [0.05, 0.1) is 12.0 Å². The topological polar surface area (TPSA) is 81.1 Å². The average Bonchev–Trinajstić information content (AvgIpc) is 3.50. The Balaban J connectivity index is 1.28. The number of aromatic nitrogens is 4. The third-order valence-corrected chi connectivity index (χ3v) is 5.45. The standard InChI is InChI=1S/C17H23N5O2/c1-17(16-19-14(21-24-16)11-3-4-11)7-2-8-22(10-17)9-13-18-15(23-20-13)12-5-6-12/h11-12H,2-10H2,1H3/t17-/m1/s1. The second-order valence-corrected chi connectivity index (χ2v) is 7.93. The lowest BCUT2D eigenvalue weighted by atomic mass is 9.81. The molecule has 2 aromatic heterocycles. The first-order valence-electron chi connectivity index (χ1n) is 9.08. The predicted molar refractivity (Wildman–Crippen MR) is 84.4 cm³/mol. The molecule has 1 atom stereocenters. The van der Waals surface area contributed by atoms with Gasteiger partial charge in [0, 0.05) is 18.4 Å². The zero-order valence-electron chi connectivity index (χ0n) is 14.1. The first kappa shape index (κ1) is 14.6. The third kappa shape index (κ3) is 2.75. The average molecular weight is 329 g/mol. The van der Waals surface area contributed by atoms with Crippen LogP contribution in [0.15, 0.2) is 9.05 Å². The number of piperidine rings is 1. The number of hydrogen-bond donors (Lipinski definition) is 0. The highest BCUT2D eigenvalue weighted by atomic mass is 16.5. The van der Waals surface area contributed by atoms with Crippen LogP contribution >= 0.6 is 0 Å². The Morgan fingerprint density at radius 1 is 1.08 bits per heavy atom. The van der Waals surface area contributed by atoms with Gasteiger partial charge in [-0.3, -0.25) is 4.90 Å². The number of hydrogen-bond acceptors (Lipinski definition) is 7. The van der Waals surface area contributed by atoms with Crippen LogP contribution in [0.1, 0.15) is 80.7 Å². The zero-order valence-corrected chi connectivity index (χ0v) is 14.1. The fraction of sp³-hybridized carbons (Fsp3) is 0.765. The molecule has 0 amide bonds. The van der Waals surface area contributed by atoms with Crippen LogP contribution in [0.2, 0.25) is 0 Å². The maximum Gasteiger partial charge on any atom is 0.233 e. The Morgan fingerprint density at radius 2 is 1.92 bits per heavy atom. The summed E-state index contributed by atoms with van der Waals surface area (Å²) in [5, 5.41) is 8.34. The van der Waals surface area contributed by atoms with Crippen molar-refractivity contribution in [2.45, 2.75) is 69.2 Å². The van der Waals surface area contributed by atoms with Crippen LogP contribution in [-0.2, 0) is 12.0 Å². The van der Waals surface area contributed by atoms with Crippen molar-refractivity contribution in [1.82, 2.24) is 25.2 Å². The first-order chi connectivity index (χ1) is 11.7. The second-order valence-electron chi connectivity index (χ2n) is 7.93. The van der Waals surface area contributed by atoms with Gasteiger partial charge >= 0.3 is 0 Å². The highest BCUT2D eigenvalue weighted by Gasteiger charge is 2.39. The molecule has 2 aliphatic carbocycles. The molecule has 2 aromatic rings. The molecule has 0 spiro atoms. The summed E-state index contributed by atoms with van der Waals surface area (Å²) >= 11 is 0. The monoisotopic (exact) mass is 329 g/mol. The highest BCUT2D eigenvalue weighted by molar-refractivity contribution is 5.11. The van der Waals surface area contributed by atoms with Gasteiger partial charge in [0.2, 0.25) is 11.8 Å². The van der Waals surface area contributed by atoms with Crippen LogP contribution in [0, 0.1) is 0 Å². The minimum Gasteiger partial charge on any atom is -0.339 e. The molecular formula is C17H23N5O2. The van der Waals surface area contributed by atoms with Crippen LogP contribution in [0.4, 0.5) is 0 Å². The van der Waals surface area contributed by atoms with Crippen molar-refractivity contribution in [2.24, 2.45) is 0 Å². The summed E-state index contributed by atoms with van der Waals surface area (Å²) in [7, 11) is 0. The van der Waals surface area contributed by atoms with E-state index in [-0.39, 0.29) is 5.41 Å². The van der Waals surface area contributed by atoms with Gasteiger partial charge in [-0.1, -0.05) is 10.3 Å². The van der Waals surface area contributed by atoms with E-state index < -0.39 is 0 Å². The summed E-state index contributed by atoms with van der Waals surface area (Å²) < 4.78 is 11.0. The van der Waals surface area contributed by atoms with Crippen molar-refractivity contribution in [1.29, 1.82) is 0 Å². The van der Waals surface area contributed by atoms with Gasteiger partial charge in [0.15, 0.2) is 11.6 Å². The van der Waals surface area contributed by atoms with E-state index in [1.807, 2.05) is 0 Å². The molecule has 0 aromatic carbocycles. The SMILES string of the molecule is C[C@@]1(c2nc(C3CC3)no2)CCCN(Cc2noc(C3CC3)n2)C1. The summed E-state index contributed by atoms with van der Waals surface area (Å²) in [6, 6.07) is 0. The Morgan fingerprint density at radius 3 is 2.71 bits per heavy atom. The van der Waals surface area contributed by atoms with Crippen LogP contribution in [-0.4, -0.2) is 38.3 Å². The fourth-order valence-electron chi connectivity index (χ4n) is 3.67. The molecule has 1 aliphatic heterocycles. The number of likely N-dealkylation sites (tertiary alicyclic amines) is 1. The predicted octanol–water partition coefficient (Wildman–Crippen LogP) is 2.76. The van der Waals surface area contributed by atoms with E-state index in [1.54, 1.807) is 0 Å². The van der Waals surface area contributed by atoms with E-state index in [0.29, 0.717) is 11.8 Å². The van der Waals surface area contributed by atoms with E-state index >= 15 is 0 Å². The van der Waals surface area contributed by atoms with Gasteiger partial charge in [-0.25, -0.2) is 0 Å². The van der Waals surface area contributed by atoms with E-state index in [4.69, 9.17) is 14.0 Å². The van der Waals surface area contributed by atoms with Crippen molar-refractivity contribution in [3.63, 3.8) is 0 Å². The normalized spacial score (nSPS) is 28.4. The third-order valence-electron chi connectivity index (χ3n) is 5.45. The quantitative estimate of drug-likeness (QED) is 0.834. The number of rotatable bonds is 5. The molecule has 0 radical (unpaired) electrons. The van der Waals surface area contributed by atoms with Gasteiger partial charge in [-0.2, -0.15) is 9.97 Å². The molecule has 128 valence electrons. The Bertz CT molecular complexity index is 733. The van der Waals surface area contributed by atoms with Gasteiger partial charge in [-0.05, 0) is 52.0 Å². The molecule has 7 heteroatoms. The molecule has 2 saturated carbocycles. The Kier molecular flexibility index (Phi) is 3.26. The van der Waals surface area contributed by atoms with E-state index in [0.717, 1.165) is 55.9 Å². The van der Waals surface area contributed by atoms with Crippen molar-refractivity contribution in [3.8, 4) is 0 Å². The molecule has 3 fully saturated rings. The summed E-state index contributed by atoms with van der Waals surface area (Å²) in [5.74, 6) is 4.35. The highest BCUT2D eigenvalue weighted by Crippen LogP contribution is 2.41. The molecule has 3 aliphatic rings. The van der Waals surface area contributed by atoms with E-state index in [9.17, 15) is 0 Å². The van der Waals surface area contributed by atoms with Crippen molar-refractivity contribution >= 4 is 0 Å². The number of nitrogens with zero attached hydrogens (tertiary/aromatic N) is 5. The molecule has 24 heavy (non-hydrogen) atoms. The summed E-state index contributed by atoms with van der Waals surface area (Å²) in [4.78, 5) is 11.6. The largest absolute Gasteiger partial charge is 0.339 e. The minimum absolute atomic E-state index is 0.0819. The molecule has 0 unspecified atom stereocenters. The summed E-state index contributed by atoms with van der Waals surface area (Å²) in [5.41, 5.74) is -0.0819. The minimum atomic E-state index is -0.0819. The van der Waals surface area contributed by atoms with Crippen LogP contribution in [0.25, 0.3) is 0 Å². The van der Waals surface area contributed by atoms with Gasteiger partial charge in [0.1, 0.15) is 0 Å². The van der Waals surface area contributed by atoms with Crippen molar-refractivity contribution in [3.05, 3.63) is 23.4 Å². The molecule has 3 heterocycles. The Hall–Kier alpha value is -1.76. The lowest BCUT2D eigenvalue weighted by Gasteiger charge is -2.37. The molecule has 1 saturated heterocycles. The maximum absolute atomic E-state index is 5.61. The van der Waals surface area contributed by atoms with Crippen LogP contribution < -0.4 is 0 Å². The Labute approximate surface area is 140 Å². The van der Waals surface area contributed by atoms with Crippen LogP contribution in [0.5, 0.6) is 0 Å². The molecule has 0 bridgehead atoms. The lowest BCUT2D eigenvalue weighted by molar-refractivity contribution is 0.121. The van der Waals surface area contributed by atoms with E-state index in [2.05, 4.69) is 27.1 Å². The first-order valence-corrected chi connectivity index (χ1v) is 9.08. The smallest absolute Gasteiger partial charge is 0.233 e. The van der Waals surface area contributed by atoms with Crippen LogP contribution in [0.3, 0.4) is 0 Å². The summed E-state index contributed by atoms with van der Waals surface area (Å²) in [6.07, 6.45) is 6.96. The van der Waals surface area contributed by atoms with Gasteiger partial charge in [-0.15, -0.1) is 0 Å². The van der Waals surface area contributed by atoms with Crippen molar-refractivity contribution < 1.29 is 9.05 Å². The molecule has 7 nitrogen and oxygen atoms in total. The van der Waals surface area contributed by atoms with Gasteiger partial charge < -0.3 is 9.05 Å². The molecule has 0 N–H and O–H groups in total. The van der Waals surface area contributed by atoms with Crippen molar-refractivity contribution in [2.75, 3.05) is 13.1 Å². The van der Waals surface area contributed by atoms with E-state index in [1.165, 1.54) is 25.7 Å². The fourth-order valence-corrected chi connectivity index (χ4v) is 3.67. The molecular weight excluding hydrogens is 306 g/mol. The maximum atomic E-state index is 5.61. The van der Waals surface area contributed by atoms with Gasteiger partial charge in [0.25, 0.3) is 0 Å². The zero-order chi connectivity index (χ0) is 16.1. The molecule has 5 rings (SSSR count).